The van der Waals surface area contributed by atoms with Gasteiger partial charge >= 0.3 is 0 Å². The lowest BCUT2D eigenvalue weighted by molar-refractivity contribution is 0.924. The molecule has 0 atom stereocenters. The maximum Gasteiger partial charge on any atom is 0.0277 e. The van der Waals surface area contributed by atoms with Crippen LogP contribution in [-0.4, -0.2) is 13.3 Å². The van der Waals surface area contributed by atoms with Crippen molar-refractivity contribution in [3.8, 4) is 0 Å². The molecule has 0 aromatic heterocycles. The lowest BCUT2D eigenvalue weighted by Gasteiger charge is -2.00. The van der Waals surface area contributed by atoms with Crippen LogP contribution in [0.2, 0.25) is 0 Å². The molecule has 0 spiro atoms. The average molecular weight is 217 g/mol. The van der Waals surface area contributed by atoms with Gasteiger partial charge < -0.3 is 0 Å². The van der Waals surface area contributed by atoms with Crippen molar-refractivity contribution in [1.82, 2.24) is 0 Å². The Bertz CT molecular complexity index is 327. The largest absolute Gasteiger partial charge is 0.297 e. The number of rotatable bonds is 6. The highest BCUT2D eigenvalue weighted by Gasteiger charge is 1.92. The molecule has 0 aromatic carbocycles. The van der Waals surface area contributed by atoms with E-state index < -0.39 is 0 Å². The second-order valence-electron chi connectivity index (χ2n) is 3.73. The summed E-state index contributed by atoms with van der Waals surface area (Å²) in [5.41, 5.74) is 3.55. The first-order valence-electron chi connectivity index (χ1n) is 5.77. The van der Waals surface area contributed by atoms with Gasteiger partial charge in [0.05, 0.1) is 0 Å². The maximum atomic E-state index is 4.03. The SMILES string of the molecule is C=C(/C=C\C(=C/C)CCC)/C(C)=C/C=NC. The Balaban J connectivity index is 4.49. The lowest BCUT2D eigenvalue weighted by atomic mass is 10.1. The molecule has 0 heterocycles. The molecule has 16 heavy (non-hydrogen) atoms. The zero-order valence-corrected chi connectivity index (χ0v) is 11.0. The topological polar surface area (TPSA) is 12.4 Å². The van der Waals surface area contributed by atoms with Crippen LogP contribution in [0.5, 0.6) is 0 Å². The van der Waals surface area contributed by atoms with Crippen molar-refractivity contribution in [3.63, 3.8) is 0 Å². The summed E-state index contributed by atoms with van der Waals surface area (Å²) < 4.78 is 0. The molecule has 0 radical (unpaired) electrons. The highest BCUT2D eigenvalue weighted by atomic mass is 14.6. The van der Waals surface area contributed by atoms with Gasteiger partial charge in [0.2, 0.25) is 0 Å². The molecular weight excluding hydrogens is 194 g/mol. The van der Waals surface area contributed by atoms with Gasteiger partial charge in [0, 0.05) is 13.3 Å². The summed E-state index contributed by atoms with van der Waals surface area (Å²) in [5, 5.41) is 0. The predicted molar refractivity (Wildman–Crippen MR) is 75.1 cm³/mol. The number of allylic oxidation sites excluding steroid dienone is 7. The van der Waals surface area contributed by atoms with Crippen LogP contribution < -0.4 is 0 Å². The van der Waals surface area contributed by atoms with Crippen LogP contribution in [-0.2, 0) is 0 Å². The first-order valence-corrected chi connectivity index (χ1v) is 5.77. The third-order valence-corrected chi connectivity index (χ3v) is 2.39. The fourth-order valence-corrected chi connectivity index (χ4v) is 1.25. The summed E-state index contributed by atoms with van der Waals surface area (Å²) in [6.07, 6.45) is 12.4. The zero-order chi connectivity index (χ0) is 12.4. The van der Waals surface area contributed by atoms with Crippen LogP contribution in [0.25, 0.3) is 0 Å². The smallest absolute Gasteiger partial charge is 0.0277 e. The van der Waals surface area contributed by atoms with Gasteiger partial charge in [-0.1, -0.05) is 43.7 Å². The van der Waals surface area contributed by atoms with Crippen molar-refractivity contribution in [2.24, 2.45) is 4.99 Å². The van der Waals surface area contributed by atoms with Crippen molar-refractivity contribution in [2.75, 3.05) is 7.05 Å². The molecule has 0 aromatic rings. The third-order valence-electron chi connectivity index (χ3n) is 2.39. The molecule has 1 nitrogen and oxygen atoms in total. The lowest BCUT2D eigenvalue weighted by Crippen LogP contribution is -1.82. The van der Waals surface area contributed by atoms with Crippen molar-refractivity contribution in [1.29, 1.82) is 0 Å². The standard InChI is InChI=1S/C15H23N/c1-6-8-15(7-2)10-9-13(3)14(4)11-12-16-5/h7,9-12H,3,6,8H2,1-2,4-5H3/b10-9-,14-11+,15-7-,16-12?. The molecule has 0 aliphatic rings. The van der Waals surface area contributed by atoms with Gasteiger partial charge in [-0.05, 0) is 37.5 Å². The van der Waals surface area contributed by atoms with E-state index in [0.717, 1.165) is 17.6 Å². The molecule has 0 aliphatic heterocycles. The quantitative estimate of drug-likeness (QED) is 0.459. The molecule has 0 amide bonds. The molecule has 0 bridgehead atoms. The van der Waals surface area contributed by atoms with Crippen molar-refractivity contribution >= 4 is 6.21 Å². The van der Waals surface area contributed by atoms with E-state index in [1.165, 1.54) is 12.0 Å². The Morgan fingerprint density at radius 2 is 2.00 bits per heavy atom. The first kappa shape index (κ1) is 14.6. The number of aliphatic imine (C=N–C) groups is 1. The number of nitrogens with zero attached hydrogens (tertiary/aromatic N) is 1. The van der Waals surface area contributed by atoms with Gasteiger partial charge in [0.1, 0.15) is 0 Å². The highest BCUT2D eigenvalue weighted by Crippen LogP contribution is 2.12. The maximum absolute atomic E-state index is 4.03. The fourth-order valence-electron chi connectivity index (χ4n) is 1.25. The normalized spacial score (nSPS) is 14.0. The van der Waals surface area contributed by atoms with E-state index in [9.17, 15) is 0 Å². The van der Waals surface area contributed by atoms with E-state index in [0.29, 0.717) is 0 Å². The third kappa shape index (κ3) is 6.18. The summed E-state index contributed by atoms with van der Waals surface area (Å²) in [6.45, 7) is 10.3. The summed E-state index contributed by atoms with van der Waals surface area (Å²) in [7, 11) is 1.77. The Morgan fingerprint density at radius 1 is 1.31 bits per heavy atom. The molecule has 0 saturated carbocycles. The van der Waals surface area contributed by atoms with E-state index in [2.05, 4.69) is 43.6 Å². The number of hydrogen-bond acceptors (Lipinski definition) is 1. The molecule has 0 unspecified atom stereocenters. The van der Waals surface area contributed by atoms with E-state index in [1.54, 1.807) is 13.3 Å². The van der Waals surface area contributed by atoms with Gasteiger partial charge in [0.15, 0.2) is 0 Å². The van der Waals surface area contributed by atoms with Crippen LogP contribution in [0.4, 0.5) is 0 Å². The Morgan fingerprint density at radius 3 is 2.50 bits per heavy atom. The van der Waals surface area contributed by atoms with E-state index in [4.69, 9.17) is 0 Å². The van der Waals surface area contributed by atoms with Crippen molar-refractivity contribution in [2.45, 2.75) is 33.6 Å². The van der Waals surface area contributed by atoms with E-state index in [-0.39, 0.29) is 0 Å². The van der Waals surface area contributed by atoms with Gasteiger partial charge in [0.25, 0.3) is 0 Å². The monoisotopic (exact) mass is 217 g/mol. The van der Waals surface area contributed by atoms with Gasteiger partial charge in [-0.25, -0.2) is 0 Å². The summed E-state index contributed by atoms with van der Waals surface area (Å²) in [5.74, 6) is 0. The minimum atomic E-state index is 1.04. The molecular formula is C15H23N. The Hall–Kier alpha value is -1.37. The van der Waals surface area contributed by atoms with Crippen molar-refractivity contribution < 1.29 is 0 Å². The van der Waals surface area contributed by atoms with Gasteiger partial charge in [-0.2, -0.15) is 0 Å². The van der Waals surface area contributed by atoms with Crippen LogP contribution in [0.1, 0.15) is 33.6 Å². The van der Waals surface area contributed by atoms with Crippen LogP contribution >= 0.6 is 0 Å². The van der Waals surface area contributed by atoms with Crippen LogP contribution in [0.15, 0.2) is 52.6 Å². The molecule has 0 saturated heterocycles. The number of hydrogen-bond donors (Lipinski definition) is 0. The molecule has 1 heteroatoms. The second kappa shape index (κ2) is 8.90. The summed E-state index contributed by atoms with van der Waals surface area (Å²) >= 11 is 0. The fraction of sp³-hybridized carbons (Fsp3) is 0.400. The first-order chi connectivity index (χ1) is 7.65. The minimum Gasteiger partial charge on any atom is -0.297 e. The molecule has 88 valence electrons. The Labute approximate surface area is 100.0 Å². The average Bonchev–Trinajstić information content (AvgIpc) is 2.30. The van der Waals surface area contributed by atoms with Crippen LogP contribution in [0, 0.1) is 0 Å². The van der Waals surface area contributed by atoms with Crippen LogP contribution in [0.3, 0.4) is 0 Å². The molecule has 0 fully saturated rings. The van der Waals surface area contributed by atoms with E-state index >= 15 is 0 Å². The summed E-state index contributed by atoms with van der Waals surface area (Å²) in [6, 6.07) is 0. The van der Waals surface area contributed by atoms with Gasteiger partial charge in [-0.3, -0.25) is 4.99 Å². The molecule has 0 aliphatic carbocycles. The zero-order valence-electron chi connectivity index (χ0n) is 11.0. The molecule has 0 N–H and O–H groups in total. The summed E-state index contributed by atoms with van der Waals surface area (Å²) in [4.78, 5) is 3.92. The van der Waals surface area contributed by atoms with Gasteiger partial charge in [-0.15, -0.1) is 0 Å². The highest BCUT2D eigenvalue weighted by molar-refractivity contribution is 5.73. The minimum absolute atomic E-state index is 1.04. The predicted octanol–water partition coefficient (Wildman–Crippen LogP) is 4.49. The Kier molecular flexibility index (Phi) is 8.14. The second-order valence-corrected chi connectivity index (χ2v) is 3.73. The van der Waals surface area contributed by atoms with E-state index in [1.807, 2.05) is 13.0 Å². The van der Waals surface area contributed by atoms with Crippen molar-refractivity contribution in [3.05, 3.63) is 47.6 Å². The molecule has 0 rings (SSSR count).